The van der Waals surface area contributed by atoms with Gasteiger partial charge in [-0.15, -0.1) is 12.4 Å². The van der Waals surface area contributed by atoms with Crippen LogP contribution in [0.4, 0.5) is 0 Å². The molecule has 0 amide bonds. The van der Waals surface area contributed by atoms with Gasteiger partial charge < -0.3 is 10.5 Å². The summed E-state index contributed by atoms with van der Waals surface area (Å²) in [7, 11) is 0. The molecule has 0 spiro atoms. The standard InChI is InChI=1S/C12H19NO.ClH/c1-4-14-12-6-5-9(2)7-11(12)8-10(3)13;/h5-7,10H,4,8,13H2,1-3H3;1H. The summed E-state index contributed by atoms with van der Waals surface area (Å²) in [5.41, 5.74) is 8.25. The van der Waals surface area contributed by atoms with Crippen LogP contribution in [-0.2, 0) is 6.42 Å². The first-order chi connectivity index (χ1) is 6.63. The molecule has 1 unspecified atom stereocenters. The van der Waals surface area contributed by atoms with Crippen LogP contribution in [-0.4, -0.2) is 12.6 Å². The van der Waals surface area contributed by atoms with E-state index >= 15 is 0 Å². The maximum absolute atomic E-state index is 5.78. The number of nitrogens with two attached hydrogens (primary N) is 1. The zero-order valence-electron chi connectivity index (χ0n) is 9.62. The highest BCUT2D eigenvalue weighted by Gasteiger charge is 2.05. The molecular weight excluding hydrogens is 210 g/mol. The van der Waals surface area contributed by atoms with E-state index < -0.39 is 0 Å². The highest BCUT2D eigenvalue weighted by molar-refractivity contribution is 5.85. The number of ether oxygens (including phenoxy) is 1. The summed E-state index contributed by atoms with van der Waals surface area (Å²) in [5.74, 6) is 0.968. The molecule has 0 aliphatic heterocycles. The number of benzene rings is 1. The molecule has 86 valence electrons. The Morgan fingerprint density at radius 1 is 1.40 bits per heavy atom. The molecule has 0 saturated heterocycles. The van der Waals surface area contributed by atoms with Crippen molar-refractivity contribution < 1.29 is 4.74 Å². The maximum atomic E-state index is 5.78. The van der Waals surface area contributed by atoms with Gasteiger partial charge in [-0.3, -0.25) is 0 Å². The van der Waals surface area contributed by atoms with Crippen molar-refractivity contribution in [3.63, 3.8) is 0 Å². The molecule has 0 bridgehead atoms. The van der Waals surface area contributed by atoms with Crippen LogP contribution in [0.15, 0.2) is 18.2 Å². The van der Waals surface area contributed by atoms with Crippen LogP contribution in [0.25, 0.3) is 0 Å². The lowest BCUT2D eigenvalue weighted by molar-refractivity contribution is 0.335. The van der Waals surface area contributed by atoms with Gasteiger partial charge in [0.05, 0.1) is 6.61 Å². The minimum absolute atomic E-state index is 0. The first-order valence-electron chi connectivity index (χ1n) is 5.11. The Morgan fingerprint density at radius 3 is 2.60 bits per heavy atom. The first kappa shape index (κ1) is 14.3. The fourth-order valence-electron chi connectivity index (χ4n) is 1.51. The lowest BCUT2D eigenvalue weighted by Crippen LogP contribution is -2.18. The van der Waals surface area contributed by atoms with Crippen LogP contribution in [0.1, 0.15) is 25.0 Å². The average molecular weight is 230 g/mol. The molecule has 1 atom stereocenters. The van der Waals surface area contributed by atoms with E-state index in [-0.39, 0.29) is 18.4 Å². The summed E-state index contributed by atoms with van der Waals surface area (Å²) >= 11 is 0. The molecule has 0 fully saturated rings. The maximum Gasteiger partial charge on any atom is 0.122 e. The molecule has 15 heavy (non-hydrogen) atoms. The third kappa shape index (κ3) is 4.54. The molecule has 0 aliphatic rings. The molecule has 1 rings (SSSR count). The van der Waals surface area contributed by atoms with Crippen LogP contribution in [0.2, 0.25) is 0 Å². The van der Waals surface area contributed by atoms with Crippen molar-refractivity contribution in [1.29, 1.82) is 0 Å². The van der Waals surface area contributed by atoms with Crippen LogP contribution in [0.3, 0.4) is 0 Å². The summed E-state index contributed by atoms with van der Waals surface area (Å²) in [6, 6.07) is 6.41. The van der Waals surface area contributed by atoms with E-state index in [1.54, 1.807) is 0 Å². The summed E-state index contributed by atoms with van der Waals surface area (Å²) in [4.78, 5) is 0. The largest absolute Gasteiger partial charge is 0.494 e. The van der Waals surface area contributed by atoms with E-state index in [4.69, 9.17) is 10.5 Å². The Bertz CT molecular complexity index is 300. The van der Waals surface area contributed by atoms with Gasteiger partial charge in [-0.1, -0.05) is 17.7 Å². The van der Waals surface area contributed by atoms with Crippen molar-refractivity contribution in [2.24, 2.45) is 5.73 Å². The van der Waals surface area contributed by atoms with Gasteiger partial charge >= 0.3 is 0 Å². The molecule has 0 aliphatic carbocycles. The summed E-state index contributed by atoms with van der Waals surface area (Å²) in [5, 5.41) is 0. The molecule has 0 radical (unpaired) electrons. The molecule has 1 aromatic carbocycles. The number of hydrogen-bond acceptors (Lipinski definition) is 2. The Labute approximate surface area is 98.2 Å². The third-order valence-electron chi connectivity index (χ3n) is 2.06. The van der Waals surface area contributed by atoms with Gasteiger partial charge in [0.25, 0.3) is 0 Å². The zero-order valence-corrected chi connectivity index (χ0v) is 10.4. The van der Waals surface area contributed by atoms with Crippen molar-refractivity contribution in [2.75, 3.05) is 6.61 Å². The lowest BCUT2D eigenvalue weighted by atomic mass is 10.0. The normalized spacial score (nSPS) is 11.7. The number of halogens is 1. The second-order valence-corrected chi connectivity index (χ2v) is 3.73. The number of aryl methyl sites for hydroxylation is 1. The van der Waals surface area contributed by atoms with Crippen molar-refractivity contribution in [3.8, 4) is 5.75 Å². The van der Waals surface area contributed by atoms with E-state index in [0.29, 0.717) is 6.61 Å². The molecule has 0 aromatic heterocycles. The van der Waals surface area contributed by atoms with E-state index in [0.717, 1.165) is 12.2 Å². The molecule has 0 saturated carbocycles. The van der Waals surface area contributed by atoms with Crippen molar-refractivity contribution in [3.05, 3.63) is 29.3 Å². The van der Waals surface area contributed by atoms with Crippen molar-refractivity contribution >= 4 is 12.4 Å². The third-order valence-corrected chi connectivity index (χ3v) is 2.06. The zero-order chi connectivity index (χ0) is 10.6. The Morgan fingerprint density at radius 2 is 2.07 bits per heavy atom. The van der Waals surface area contributed by atoms with Gasteiger partial charge in [-0.05, 0) is 38.8 Å². The number of hydrogen-bond donors (Lipinski definition) is 1. The van der Waals surface area contributed by atoms with Crippen LogP contribution < -0.4 is 10.5 Å². The monoisotopic (exact) mass is 229 g/mol. The van der Waals surface area contributed by atoms with Crippen LogP contribution in [0.5, 0.6) is 5.75 Å². The van der Waals surface area contributed by atoms with E-state index in [1.165, 1.54) is 11.1 Å². The van der Waals surface area contributed by atoms with Gasteiger partial charge in [0.2, 0.25) is 0 Å². The SMILES string of the molecule is CCOc1ccc(C)cc1CC(C)N.Cl. The smallest absolute Gasteiger partial charge is 0.122 e. The molecule has 2 N–H and O–H groups in total. The van der Waals surface area contributed by atoms with Crippen molar-refractivity contribution in [1.82, 2.24) is 0 Å². The van der Waals surface area contributed by atoms with E-state index in [1.807, 2.05) is 19.9 Å². The fraction of sp³-hybridized carbons (Fsp3) is 0.500. The van der Waals surface area contributed by atoms with E-state index in [2.05, 4.69) is 19.1 Å². The van der Waals surface area contributed by atoms with Crippen LogP contribution in [0, 0.1) is 6.92 Å². The second kappa shape index (κ2) is 6.70. The van der Waals surface area contributed by atoms with E-state index in [9.17, 15) is 0 Å². The Balaban J connectivity index is 0.00000196. The second-order valence-electron chi connectivity index (χ2n) is 3.73. The summed E-state index contributed by atoms with van der Waals surface area (Å²) < 4.78 is 5.54. The molecule has 2 nitrogen and oxygen atoms in total. The van der Waals surface area contributed by atoms with Crippen molar-refractivity contribution in [2.45, 2.75) is 33.2 Å². The Kier molecular flexibility index (Phi) is 6.37. The predicted octanol–water partition coefficient (Wildman–Crippen LogP) is 2.71. The van der Waals surface area contributed by atoms with Crippen LogP contribution >= 0.6 is 12.4 Å². The quantitative estimate of drug-likeness (QED) is 0.862. The molecule has 1 aromatic rings. The molecule has 0 heterocycles. The van der Waals surface area contributed by atoms with Gasteiger partial charge in [-0.2, -0.15) is 0 Å². The lowest BCUT2D eigenvalue weighted by Gasteiger charge is -2.12. The summed E-state index contributed by atoms with van der Waals surface area (Å²) in [6.07, 6.45) is 0.872. The number of rotatable bonds is 4. The molecular formula is C12H20ClNO. The highest BCUT2D eigenvalue weighted by atomic mass is 35.5. The van der Waals surface area contributed by atoms with Gasteiger partial charge in [0.15, 0.2) is 0 Å². The van der Waals surface area contributed by atoms with Gasteiger partial charge in [0, 0.05) is 6.04 Å². The Hall–Kier alpha value is -0.730. The predicted molar refractivity (Wildman–Crippen MR) is 66.9 cm³/mol. The van der Waals surface area contributed by atoms with Gasteiger partial charge in [-0.25, -0.2) is 0 Å². The first-order valence-corrected chi connectivity index (χ1v) is 5.11. The summed E-state index contributed by atoms with van der Waals surface area (Å²) in [6.45, 7) is 6.79. The average Bonchev–Trinajstić information content (AvgIpc) is 2.09. The topological polar surface area (TPSA) is 35.2 Å². The minimum Gasteiger partial charge on any atom is -0.494 e. The highest BCUT2D eigenvalue weighted by Crippen LogP contribution is 2.21. The molecule has 3 heteroatoms. The fourth-order valence-corrected chi connectivity index (χ4v) is 1.51. The van der Waals surface area contributed by atoms with Gasteiger partial charge in [0.1, 0.15) is 5.75 Å². The minimum atomic E-state index is 0.